The number of hydrogen-bond acceptors (Lipinski definition) is 5. The quantitative estimate of drug-likeness (QED) is 0.812. The number of nitrogens with two attached hydrogens (primary N) is 1. The molecule has 100 valence electrons. The highest BCUT2D eigenvalue weighted by atomic mass is 16.3. The van der Waals surface area contributed by atoms with Crippen LogP contribution in [-0.4, -0.2) is 33.8 Å². The fraction of sp³-hybridized carbons (Fsp3) is 0.429. The molecule has 1 aromatic heterocycles. The SMILES string of the molecule is CC1(O)CCCN(c2nc3ccccc3nc2N)C1. The highest BCUT2D eigenvalue weighted by molar-refractivity contribution is 5.79. The number of hydrogen-bond donors (Lipinski definition) is 2. The third kappa shape index (κ3) is 2.33. The fourth-order valence-electron chi connectivity index (χ4n) is 2.64. The Kier molecular flexibility index (Phi) is 2.78. The van der Waals surface area contributed by atoms with Gasteiger partial charge in [0.1, 0.15) is 0 Å². The first kappa shape index (κ1) is 12.2. The second-order valence-electron chi connectivity index (χ2n) is 5.44. The van der Waals surface area contributed by atoms with Crippen molar-refractivity contribution < 1.29 is 5.11 Å². The lowest BCUT2D eigenvalue weighted by Gasteiger charge is -2.37. The maximum absolute atomic E-state index is 10.2. The molecule has 1 unspecified atom stereocenters. The number of nitrogens with zero attached hydrogens (tertiary/aromatic N) is 3. The van der Waals surface area contributed by atoms with Gasteiger partial charge in [-0.1, -0.05) is 12.1 Å². The van der Waals surface area contributed by atoms with Gasteiger partial charge in [-0.15, -0.1) is 0 Å². The van der Waals surface area contributed by atoms with E-state index in [0.29, 0.717) is 18.2 Å². The van der Waals surface area contributed by atoms with Crippen molar-refractivity contribution in [3.63, 3.8) is 0 Å². The molecule has 1 aliphatic heterocycles. The molecule has 2 heterocycles. The summed E-state index contributed by atoms with van der Waals surface area (Å²) in [5, 5.41) is 10.2. The molecule has 0 aliphatic carbocycles. The van der Waals surface area contributed by atoms with Gasteiger partial charge in [-0.2, -0.15) is 0 Å². The number of benzene rings is 1. The summed E-state index contributed by atoms with van der Waals surface area (Å²) in [6, 6.07) is 7.67. The lowest BCUT2D eigenvalue weighted by molar-refractivity contribution is 0.0447. The van der Waals surface area contributed by atoms with Crippen LogP contribution in [0.15, 0.2) is 24.3 Å². The molecule has 1 atom stereocenters. The molecule has 1 aliphatic rings. The van der Waals surface area contributed by atoms with Crippen molar-refractivity contribution in [1.29, 1.82) is 0 Å². The Bertz CT molecular complexity index is 611. The number of rotatable bonds is 1. The van der Waals surface area contributed by atoms with Crippen LogP contribution in [0, 0.1) is 0 Å². The van der Waals surface area contributed by atoms with E-state index in [0.717, 1.165) is 30.4 Å². The average molecular weight is 258 g/mol. The van der Waals surface area contributed by atoms with Gasteiger partial charge in [-0.25, -0.2) is 9.97 Å². The van der Waals surface area contributed by atoms with Crippen molar-refractivity contribution in [3.8, 4) is 0 Å². The molecular weight excluding hydrogens is 240 g/mol. The molecule has 3 N–H and O–H groups in total. The number of para-hydroxylation sites is 2. The van der Waals surface area contributed by atoms with Crippen LogP contribution in [0.1, 0.15) is 19.8 Å². The normalized spacial score (nSPS) is 23.8. The van der Waals surface area contributed by atoms with Gasteiger partial charge in [-0.05, 0) is 31.9 Å². The second-order valence-corrected chi connectivity index (χ2v) is 5.44. The highest BCUT2D eigenvalue weighted by Crippen LogP contribution is 2.28. The van der Waals surface area contributed by atoms with E-state index in [1.54, 1.807) is 0 Å². The van der Waals surface area contributed by atoms with Crippen molar-refractivity contribution in [2.75, 3.05) is 23.7 Å². The van der Waals surface area contributed by atoms with E-state index in [-0.39, 0.29) is 0 Å². The fourth-order valence-corrected chi connectivity index (χ4v) is 2.64. The number of fused-ring (bicyclic) bond motifs is 1. The van der Waals surface area contributed by atoms with Crippen LogP contribution in [0.25, 0.3) is 11.0 Å². The Labute approximate surface area is 112 Å². The summed E-state index contributed by atoms with van der Waals surface area (Å²) in [5.74, 6) is 1.11. The molecule has 1 fully saturated rings. The molecule has 3 rings (SSSR count). The predicted molar refractivity (Wildman–Crippen MR) is 76.0 cm³/mol. The third-order valence-electron chi connectivity index (χ3n) is 3.55. The van der Waals surface area contributed by atoms with Gasteiger partial charge in [0.2, 0.25) is 0 Å². The van der Waals surface area contributed by atoms with E-state index >= 15 is 0 Å². The first-order chi connectivity index (χ1) is 9.05. The first-order valence-corrected chi connectivity index (χ1v) is 6.55. The monoisotopic (exact) mass is 258 g/mol. The average Bonchev–Trinajstić information content (AvgIpc) is 2.36. The summed E-state index contributed by atoms with van der Waals surface area (Å²) >= 11 is 0. The lowest BCUT2D eigenvalue weighted by Crippen LogP contribution is -2.46. The summed E-state index contributed by atoms with van der Waals surface area (Å²) in [6.45, 7) is 3.25. The number of aromatic nitrogens is 2. The molecule has 1 aromatic carbocycles. The van der Waals surface area contributed by atoms with Crippen LogP contribution in [0.3, 0.4) is 0 Å². The van der Waals surface area contributed by atoms with Gasteiger partial charge in [0.05, 0.1) is 16.6 Å². The summed E-state index contributed by atoms with van der Waals surface area (Å²) in [4.78, 5) is 11.0. The minimum atomic E-state index is -0.683. The molecular formula is C14H18N4O. The molecule has 5 nitrogen and oxygen atoms in total. The van der Waals surface area contributed by atoms with Gasteiger partial charge in [0.25, 0.3) is 0 Å². The first-order valence-electron chi connectivity index (χ1n) is 6.55. The molecule has 0 saturated carbocycles. The molecule has 0 spiro atoms. The van der Waals surface area contributed by atoms with Gasteiger partial charge in [0, 0.05) is 13.1 Å². The van der Waals surface area contributed by atoms with E-state index in [2.05, 4.69) is 9.97 Å². The summed E-state index contributed by atoms with van der Waals surface area (Å²) in [7, 11) is 0. The zero-order chi connectivity index (χ0) is 13.5. The number of β-amino-alcohol motifs (C(OH)–C–C–N with tert-alkyl or cyclic N) is 1. The Morgan fingerprint density at radius 1 is 1.26 bits per heavy atom. The summed E-state index contributed by atoms with van der Waals surface area (Å²) in [6.07, 6.45) is 1.74. The Balaban J connectivity index is 2.02. The van der Waals surface area contributed by atoms with E-state index in [9.17, 15) is 5.11 Å². The van der Waals surface area contributed by atoms with Gasteiger partial charge < -0.3 is 15.7 Å². The third-order valence-corrected chi connectivity index (χ3v) is 3.55. The van der Waals surface area contributed by atoms with Crippen molar-refractivity contribution in [2.45, 2.75) is 25.4 Å². The van der Waals surface area contributed by atoms with E-state index in [1.165, 1.54) is 0 Å². The number of anilines is 2. The number of aliphatic hydroxyl groups is 1. The number of piperidine rings is 1. The van der Waals surface area contributed by atoms with Crippen molar-refractivity contribution in [3.05, 3.63) is 24.3 Å². The van der Waals surface area contributed by atoms with E-state index < -0.39 is 5.60 Å². The molecule has 0 bridgehead atoms. The smallest absolute Gasteiger partial charge is 0.172 e. The molecule has 5 heteroatoms. The summed E-state index contributed by atoms with van der Waals surface area (Å²) in [5.41, 5.74) is 6.96. The van der Waals surface area contributed by atoms with Crippen LogP contribution >= 0.6 is 0 Å². The molecule has 0 radical (unpaired) electrons. The Morgan fingerprint density at radius 2 is 1.95 bits per heavy atom. The molecule has 1 saturated heterocycles. The largest absolute Gasteiger partial charge is 0.388 e. The summed E-state index contributed by atoms with van der Waals surface area (Å²) < 4.78 is 0. The van der Waals surface area contributed by atoms with E-state index in [4.69, 9.17) is 5.73 Å². The lowest BCUT2D eigenvalue weighted by atomic mass is 9.95. The van der Waals surface area contributed by atoms with Gasteiger partial charge in [-0.3, -0.25) is 0 Å². The molecule has 0 amide bonds. The minimum Gasteiger partial charge on any atom is -0.388 e. The van der Waals surface area contributed by atoms with Gasteiger partial charge in [0.15, 0.2) is 11.6 Å². The van der Waals surface area contributed by atoms with E-state index in [1.807, 2.05) is 36.1 Å². The van der Waals surface area contributed by atoms with Crippen molar-refractivity contribution in [2.24, 2.45) is 0 Å². The molecule has 2 aromatic rings. The van der Waals surface area contributed by atoms with Crippen LogP contribution in [0.4, 0.5) is 11.6 Å². The van der Waals surface area contributed by atoms with Crippen molar-refractivity contribution in [1.82, 2.24) is 9.97 Å². The maximum atomic E-state index is 10.2. The van der Waals surface area contributed by atoms with Crippen LogP contribution in [0.2, 0.25) is 0 Å². The predicted octanol–water partition coefficient (Wildman–Crippen LogP) is 1.56. The number of nitrogen functional groups attached to an aromatic ring is 1. The van der Waals surface area contributed by atoms with Crippen LogP contribution in [-0.2, 0) is 0 Å². The molecule has 19 heavy (non-hydrogen) atoms. The van der Waals surface area contributed by atoms with Crippen LogP contribution < -0.4 is 10.6 Å². The maximum Gasteiger partial charge on any atom is 0.172 e. The zero-order valence-electron chi connectivity index (χ0n) is 11.0. The minimum absolute atomic E-state index is 0.427. The second kappa shape index (κ2) is 4.35. The Morgan fingerprint density at radius 3 is 2.63 bits per heavy atom. The van der Waals surface area contributed by atoms with Crippen molar-refractivity contribution >= 4 is 22.7 Å². The van der Waals surface area contributed by atoms with Crippen LogP contribution in [0.5, 0.6) is 0 Å². The standard InChI is InChI=1S/C14H18N4O/c1-14(19)7-4-8-18(9-14)13-12(15)16-10-5-2-3-6-11(10)17-13/h2-3,5-6,19H,4,7-9H2,1H3,(H2,15,16). The Hall–Kier alpha value is -1.88. The zero-order valence-corrected chi connectivity index (χ0v) is 11.0. The van der Waals surface area contributed by atoms with Gasteiger partial charge >= 0.3 is 0 Å². The highest BCUT2D eigenvalue weighted by Gasteiger charge is 2.30. The topological polar surface area (TPSA) is 75.3 Å².